The maximum absolute atomic E-state index is 13.1. The van der Waals surface area contributed by atoms with Crippen LogP contribution in [-0.4, -0.2) is 24.0 Å². The van der Waals surface area contributed by atoms with Crippen molar-refractivity contribution < 1.29 is 4.39 Å². The molecule has 0 aliphatic rings. The van der Waals surface area contributed by atoms with E-state index < -0.39 is 0 Å². The van der Waals surface area contributed by atoms with Gasteiger partial charge in [-0.1, -0.05) is 13.8 Å². The summed E-state index contributed by atoms with van der Waals surface area (Å²) in [4.78, 5) is 7.32. The lowest BCUT2D eigenvalue weighted by Crippen LogP contribution is -2.33. The summed E-state index contributed by atoms with van der Waals surface area (Å²) in [6.07, 6.45) is 2.72. The molecular formula is C15H21FN4. The minimum atomic E-state index is -0.228. The number of nitrogens with zero attached hydrogens (tertiary/aromatic N) is 1. The van der Waals surface area contributed by atoms with Gasteiger partial charge in [-0.05, 0) is 36.1 Å². The van der Waals surface area contributed by atoms with Crippen LogP contribution in [0.2, 0.25) is 0 Å². The molecule has 20 heavy (non-hydrogen) atoms. The SMILES string of the molecule is CC(C)CN=C(N)NCCc1c[nH]c2cc(F)ccc12. The van der Waals surface area contributed by atoms with Gasteiger partial charge < -0.3 is 16.0 Å². The Morgan fingerprint density at radius 1 is 1.45 bits per heavy atom. The highest BCUT2D eigenvalue weighted by Gasteiger charge is 2.04. The Labute approximate surface area is 118 Å². The number of aromatic amines is 1. The lowest BCUT2D eigenvalue weighted by molar-refractivity contribution is 0.629. The van der Waals surface area contributed by atoms with Crippen molar-refractivity contribution in [1.82, 2.24) is 10.3 Å². The quantitative estimate of drug-likeness (QED) is 0.580. The first-order valence-electron chi connectivity index (χ1n) is 6.85. The van der Waals surface area contributed by atoms with Crippen LogP contribution in [0.4, 0.5) is 4.39 Å². The summed E-state index contributed by atoms with van der Waals surface area (Å²) in [6, 6.07) is 4.78. The molecule has 0 aliphatic heterocycles. The second-order valence-corrected chi connectivity index (χ2v) is 5.30. The summed E-state index contributed by atoms with van der Waals surface area (Å²) in [5.74, 6) is 0.748. The van der Waals surface area contributed by atoms with Gasteiger partial charge in [-0.15, -0.1) is 0 Å². The highest BCUT2D eigenvalue weighted by atomic mass is 19.1. The van der Waals surface area contributed by atoms with Crippen molar-refractivity contribution in [3.63, 3.8) is 0 Å². The number of aliphatic imine (C=N–C) groups is 1. The number of benzene rings is 1. The van der Waals surface area contributed by atoms with Gasteiger partial charge in [-0.25, -0.2) is 4.39 Å². The number of rotatable bonds is 5. The minimum absolute atomic E-state index is 0.228. The first-order chi connectivity index (χ1) is 9.56. The van der Waals surface area contributed by atoms with E-state index in [2.05, 4.69) is 29.1 Å². The van der Waals surface area contributed by atoms with Crippen LogP contribution in [0.15, 0.2) is 29.4 Å². The fourth-order valence-electron chi connectivity index (χ4n) is 2.03. The second-order valence-electron chi connectivity index (χ2n) is 5.30. The third-order valence-corrected chi connectivity index (χ3v) is 3.06. The maximum Gasteiger partial charge on any atom is 0.188 e. The van der Waals surface area contributed by atoms with E-state index >= 15 is 0 Å². The Morgan fingerprint density at radius 3 is 3.00 bits per heavy atom. The number of nitrogens with two attached hydrogens (primary N) is 1. The zero-order valence-electron chi connectivity index (χ0n) is 11.9. The molecule has 0 aliphatic carbocycles. The van der Waals surface area contributed by atoms with Gasteiger partial charge in [-0.3, -0.25) is 4.99 Å². The highest BCUT2D eigenvalue weighted by molar-refractivity contribution is 5.83. The molecule has 0 atom stereocenters. The number of halogens is 1. The molecule has 1 aromatic heterocycles. The van der Waals surface area contributed by atoms with Crippen LogP contribution >= 0.6 is 0 Å². The zero-order valence-corrected chi connectivity index (χ0v) is 11.9. The third-order valence-electron chi connectivity index (χ3n) is 3.06. The summed E-state index contributed by atoms with van der Waals surface area (Å²) in [6.45, 7) is 5.63. The van der Waals surface area contributed by atoms with Gasteiger partial charge in [-0.2, -0.15) is 0 Å². The topological polar surface area (TPSA) is 66.2 Å². The van der Waals surface area contributed by atoms with Gasteiger partial charge in [0.15, 0.2) is 5.96 Å². The van der Waals surface area contributed by atoms with Crippen LogP contribution in [0.25, 0.3) is 10.9 Å². The molecule has 0 bridgehead atoms. The highest BCUT2D eigenvalue weighted by Crippen LogP contribution is 2.19. The van der Waals surface area contributed by atoms with Gasteiger partial charge in [0, 0.05) is 30.2 Å². The first-order valence-corrected chi connectivity index (χ1v) is 6.85. The number of nitrogens with one attached hydrogen (secondary N) is 2. The van der Waals surface area contributed by atoms with E-state index in [-0.39, 0.29) is 5.82 Å². The summed E-state index contributed by atoms with van der Waals surface area (Å²) >= 11 is 0. The Morgan fingerprint density at radius 2 is 2.25 bits per heavy atom. The van der Waals surface area contributed by atoms with Crippen molar-refractivity contribution in [3.05, 3.63) is 35.8 Å². The Balaban J connectivity index is 1.91. The third kappa shape index (κ3) is 3.73. The van der Waals surface area contributed by atoms with Crippen molar-refractivity contribution in [1.29, 1.82) is 0 Å². The predicted molar refractivity (Wildman–Crippen MR) is 81.3 cm³/mol. The number of hydrogen-bond acceptors (Lipinski definition) is 1. The molecule has 0 unspecified atom stereocenters. The van der Waals surface area contributed by atoms with Crippen molar-refractivity contribution in [3.8, 4) is 0 Å². The van der Waals surface area contributed by atoms with Gasteiger partial charge in [0.25, 0.3) is 0 Å². The molecule has 108 valence electrons. The van der Waals surface area contributed by atoms with Crippen LogP contribution < -0.4 is 11.1 Å². The lowest BCUT2D eigenvalue weighted by Gasteiger charge is -2.06. The molecule has 0 spiro atoms. The Hall–Kier alpha value is -2.04. The molecule has 0 saturated carbocycles. The van der Waals surface area contributed by atoms with Crippen molar-refractivity contribution in [2.45, 2.75) is 20.3 Å². The van der Waals surface area contributed by atoms with Gasteiger partial charge in [0.2, 0.25) is 0 Å². The first kappa shape index (κ1) is 14.4. The molecule has 0 saturated heterocycles. The summed E-state index contributed by atoms with van der Waals surface area (Å²) in [5, 5.41) is 4.14. The average Bonchev–Trinajstić information content (AvgIpc) is 2.79. The van der Waals surface area contributed by atoms with E-state index in [0.717, 1.165) is 29.4 Å². The average molecular weight is 276 g/mol. The normalized spacial score (nSPS) is 12.3. The molecule has 2 rings (SSSR count). The number of guanidine groups is 1. The van der Waals surface area contributed by atoms with Gasteiger partial charge >= 0.3 is 0 Å². The van der Waals surface area contributed by atoms with E-state index in [1.807, 2.05) is 6.20 Å². The molecule has 5 heteroatoms. The van der Waals surface area contributed by atoms with E-state index in [0.29, 0.717) is 18.4 Å². The molecule has 0 radical (unpaired) electrons. The number of H-pyrrole nitrogens is 1. The number of aromatic nitrogens is 1. The van der Waals surface area contributed by atoms with Crippen LogP contribution in [0.1, 0.15) is 19.4 Å². The van der Waals surface area contributed by atoms with Gasteiger partial charge in [0.05, 0.1) is 0 Å². The molecule has 1 aromatic carbocycles. The summed E-state index contributed by atoms with van der Waals surface area (Å²) < 4.78 is 13.1. The molecular weight excluding hydrogens is 255 g/mol. The van der Waals surface area contributed by atoms with Gasteiger partial charge in [0.1, 0.15) is 5.82 Å². The van der Waals surface area contributed by atoms with Crippen molar-refractivity contribution in [2.75, 3.05) is 13.1 Å². The van der Waals surface area contributed by atoms with E-state index in [1.54, 1.807) is 6.07 Å². The van der Waals surface area contributed by atoms with Crippen LogP contribution in [-0.2, 0) is 6.42 Å². The van der Waals surface area contributed by atoms with Crippen LogP contribution in [0.3, 0.4) is 0 Å². The smallest absolute Gasteiger partial charge is 0.188 e. The molecule has 1 heterocycles. The van der Waals surface area contributed by atoms with E-state index in [4.69, 9.17) is 5.73 Å². The number of hydrogen-bond donors (Lipinski definition) is 3. The molecule has 4 nitrogen and oxygen atoms in total. The van der Waals surface area contributed by atoms with Crippen molar-refractivity contribution >= 4 is 16.9 Å². The molecule has 2 aromatic rings. The number of fused-ring (bicyclic) bond motifs is 1. The molecule has 4 N–H and O–H groups in total. The summed E-state index contributed by atoms with van der Waals surface area (Å²) in [7, 11) is 0. The second kappa shape index (κ2) is 6.41. The Kier molecular flexibility index (Phi) is 4.61. The fourth-order valence-corrected chi connectivity index (χ4v) is 2.03. The lowest BCUT2D eigenvalue weighted by atomic mass is 10.1. The summed E-state index contributed by atoms with van der Waals surface area (Å²) in [5.41, 5.74) is 7.74. The van der Waals surface area contributed by atoms with E-state index in [1.165, 1.54) is 12.1 Å². The standard InChI is InChI=1S/C15H21FN4/c1-10(2)8-20-15(17)18-6-5-11-9-19-14-7-12(16)3-4-13(11)14/h3-4,7,9-10,19H,5-6,8H2,1-2H3,(H3,17,18,20). The van der Waals surface area contributed by atoms with E-state index in [9.17, 15) is 4.39 Å². The monoisotopic (exact) mass is 276 g/mol. The van der Waals surface area contributed by atoms with Crippen LogP contribution in [0.5, 0.6) is 0 Å². The fraction of sp³-hybridized carbons (Fsp3) is 0.400. The largest absolute Gasteiger partial charge is 0.370 e. The molecule has 0 amide bonds. The Bertz CT molecular complexity index is 601. The van der Waals surface area contributed by atoms with Crippen LogP contribution in [0, 0.1) is 11.7 Å². The zero-order chi connectivity index (χ0) is 14.5. The maximum atomic E-state index is 13.1. The predicted octanol–water partition coefficient (Wildman–Crippen LogP) is 2.41. The molecule has 0 fully saturated rings. The van der Waals surface area contributed by atoms with Crippen molar-refractivity contribution in [2.24, 2.45) is 16.6 Å². The minimum Gasteiger partial charge on any atom is -0.370 e.